The van der Waals surface area contributed by atoms with Crippen molar-refractivity contribution in [2.45, 2.75) is 33.2 Å². The molecule has 5 heteroatoms. The van der Waals surface area contributed by atoms with Crippen LogP contribution in [-0.2, 0) is 16.1 Å². The Bertz CT molecular complexity index is 446. The van der Waals surface area contributed by atoms with Gasteiger partial charge < -0.3 is 16.0 Å². The summed E-state index contributed by atoms with van der Waals surface area (Å²) in [7, 11) is 0. The number of rotatable bonds is 8. The van der Waals surface area contributed by atoms with E-state index in [0.717, 1.165) is 24.2 Å². The topological polar surface area (TPSA) is 70.2 Å². The van der Waals surface area contributed by atoms with Crippen molar-refractivity contribution in [2.75, 3.05) is 18.4 Å². The van der Waals surface area contributed by atoms with Crippen LogP contribution in [0.15, 0.2) is 24.3 Å². The fraction of sp³-hybridized carbons (Fsp3) is 0.467. The fourth-order valence-corrected chi connectivity index (χ4v) is 1.76. The number of carbonyl (C=O) groups is 2. The van der Waals surface area contributed by atoms with Gasteiger partial charge in [0.2, 0.25) is 11.8 Å². The number of nitrogens with one attached hydrogen (secondary N) is 3. The molecule has 1 aromatic carbocycles. The number of carbonyl (C=O) groups excluding carboxylic acids is 2. The second-order valence-electron chi connectivity index (χ2n) is 4.62. The summed E-state index contributed by atoms with van der Waals surface area (Å²) >= 11 is 0. The molecule has 0 unspecified atom stereocenters. The van der Waals surface area contributed by atoms with E-state index in [1.54, 1.807) is 0 Å². The monoisotopic (exact) mass is 277 g/mol. The zero-order chi connectivity index (χ0) is 14.8. The lowest BCUT2D eigenvalue weighted by atomic mass is 10.1. The van der Waals surface area contributed by atoms with Gasteiger partial charge in [0.25, 0.3) is 0 Å². The standard InChI is InChI=1S/C15H23N3O2/c1-3-9-17-15(20)8-10-16-11-13-6-4-5-7-14(13)18-12(2)19/h4-7,16H,3,8-11H2,1-2H3,(H,17,20)(H,18,19). The van der Waals surface area contributed by atoms with Crippen molar-refractivity contribution in [3.63, 3.8) is 0 Å². The number of para-hydroxylation sites is 1. The largest absolute Gasteiger partial charge is 0.356 e. The van der Waals surface area contributed by atoms with Crippen LogP contribution in [-0.4, -0.2) is 24.9 Å². The molecule has 0 saturated heterocycles. The van der Waals surface area contributed by atoms with Gasteiger partial charge in [0.1, 0.15) is 0 Å². The third-order valence-electron chi connectivity index (χ3n) is 2.74. The second-order valence-corrected chi connectivity index (χ2v) is 4.62. The Morgan fingerprint density at radius 2 is 1.90 bits per heavy atom. The first-order valence-electron chi connectivity index (χ1n) is 6.96. The van der Waals surface area contributed by atoms with E-state index in [0.29, 0.717) is 19.5 Å². The molecule has 0 saturated carbocycles. The van der Waals surface area contributed by atoms with Gasteiger partial charge in [0.15, 0.2) is 0 Å². The summed E-state index contributed by atoms with van der Waals surface area (Å²) in [4.78, 5) is 22.5. The summed E-state index contributed by atoms with van der Waals surface area (Å²) in [5, 5.41) is 8.84. The van der Waals surface area contributed by atoms with E-state index in [-0.39, 0.29) is 11.8 Å². The lowest BCUT2D eigenvalue weighted by Gasteiger charge is -2.10. The molecular weight excluding hydrogens is 254 g/mol. The van der Waals surface area contributed by atoms with Gasteiger partial charge in [-0.25, -0.2) is 0 Å². The van der Waals surface area contributed by atoms with Gasteiger partial charge in [-0.15, -0.1) is 0 Å². The minimum atomic E-state index is -0.0867. The van der Waals surface area contributed by atoms with E-state index in [1.807, 2.05) is 31.2 Å². The minimum absolute atomic E-state index is 0.0643. The molecular formula is C15H23N3O2. The van der Waals surface area contributed by atoms with Gasteiger partial charge >= 0.3 is 0 Å². The molecule has 0 aliphatic carbocycles. The van der Waals surface area contributed by atoms with Crippen molar-refractivity contribution in [1.29, 1.82) is 0 Å². The Kier molecular flexibility index (Phi) is 7.35. The molecule has 0 aliphatic rings. The predicted molar refractivity (Wildman–Crippen MR) is 80.4 cm³/mol. The van der Waals surface area contributed by atoms with Crippen LogP contribution in [0, 0.1) is 0 Å². The SMILES string of the molecule is CCCNC(=O)CCNCc1ccccc1NC(C)=O. The quantitative estimate of drug-likeness (QED) is 0.633. The number of hydrogen-bond acceptors (Lipinski definition) is 3. The maximum Gasteiger partial charge on any atom is 0.221 e. The third-order valence-corrected chi connectivity index (χ3v) is 2.74. The highest BCUT2D eigenvalue weighted by molar-refractivity contribution is 5.89. The van der Waals surface area contributed by atoms with E-state index >= 15 is 0 Å². The van der Waals surface area contributed by atoms with E-state index in [2.05, 4.69) is 16.0 Å². The molecule has 0 bridgehead atoms. The van der Waals surface area contributed by atoms with Crippen LogP contribution in [0.5, 0.6) is 0 Å². The molecule has 0 spiro atoms. The Morgan fingerprint density at radius 1 is 1.15 bits per heavy atom. The zero-order valence-corrected chi connectivity index (χ0v) is 12.2. The Hall–Kier alpha value is -1.88. The highest BCUT2D eigenvalue weighted by Gasteiger charge is 2.03. The van der Waals surface area contributed by atoms with Crippen LogP contribution in [0.4, 0.5) is 5.69 Å². The first kappa shape index (κ1) is 16.2. The van der Waals surface area contributed by atoms with Crippen LogP contribution in [0.2, 0.25) is 0 Å². The van der Waals surface area contributed by atoms with Crippen molar-refractivity contribution in [3.05, 3.63) is 29.8 Å². The predicted octanol–water partition coefficient (Wildman–Crippen LogP) is 1.65. The van der Waals surface area contributed by atoms with Crippen LogP contribution in [0.1, 0.15) is 32.3 Å². The Balaban J connectivity index is 2.35. The molecule has 110 valence electrons. The smallest absolute Gasteiger partial charge is 0.221 e. The molecule has 20 heavy (non-hydrogen) atoms. The van der Waals surface area contributed by atoms with Crippen LogP contribution < -0.4 is 16.0 Å². The molecule has 0 radical (unpaired) electrons. The summed E-state index contributed by atoms with van der Waals surface area (Å²) < 4.78 is 0. The molecule has 1 aromatic rings. The molecule has 0 fully saturated rings. The second kappa shape index (κ2) is 9.09. The number of amides is 2. The van der Waals surface area contributed by atoms with Crippen LogP contribution in [0.25, 0.3) is 0 Å². The number of anilines is 1. The van der Waals surface area contributed by atoms with Gasteiger partial charge in [0.05, 0.1) is 0 Å². The lowest BCUT2D eigenvalue weighted by Crippen LogP contribution is -2.28. The maximum atomic E-state index is 11.4. The molecule has 5 nitrogen and oxygen atoms in total. The number of benzene rings is 1. The molecule has 0 heterocycles. The first-order chi connectivity index (χ1) is 9.63. The summed E-state index contributed by atoms with van der Waals surface area (Å²) in [5.74, 6) is -0.0223. The lowest BCUT2D eigenvalue weighted by molar-refractivity contribution is -0.121. The number of hydrogen-bond donors (Lipinski definition) is 3. The Morgan fingerprint density at radius 3 is 2.60 bits per heavy atom. The third kappa shape index (κ3) is 6.33. The van der Waals surface area contributed by atoms with Crippen molar-refractivity contribution in [3.8, 4) is 0 Å². The average molecular weight is 277 g/mol. The molecule has 2 amide bonds. The summed E-state index contributed by atoms with van der Waals surface area (Å²) in [5.41, 5.74) is 1.82. The molecule has 0 atom stereocenters. The van der Waals surface area contributed by atoms with Gasteiger partial charge in [-0.1, -0.05) is 25.1 Å². The molecule has 0 aliphatic heterocycles. The summed E-state index contributed by atoms with van der Waals surface area (Å²) in [6.07, 6.45) is 1.41. The van der Waals surface area contributed by atoms with Crippen molar-refractivity contribution >= 4 is 17.5 Å². The molecule has 1 rings (SSSR count). The van der Waals surface area contributed by atoms with E-state index in [9.17, 15) is 9.59 Å². The van der Waals surface area contributed by atoms with Crippen molar-refractivity contribution in [2.24, 2.45) is 0 Å². The van der Waals surface area contributed by atoms with E-state index in [1.165, 1.54) is 6.92 Å². The first-order valence-corrected chi connectivity index (χ1v) is 6.96. The minimum Gasteiger partial charge on any atom is -0.356 e. The molecule has 3 N–H and O–H groups in total. The van der Waals surface area contributed by atoms with Gasteiger partial charge in [-0.05, 0) is 18.1 Å². The Labute approximate surface area is 120 Å². The van der Waals surface area contributed by atoms with Gasteiger partial charge in [-0.3, -0.25) is 9.59 Å². The van der Waals surface area contributed by atoms with Crippen molar-refractivity contribution in [1.82, 2.24) is 10.6 Å². The highest BCUT2D eigenvalue weighted by Crippen LogP contribution is 2.14. The maximum absolute atomic E-state index is 11.4. The van der Waals surface area contributed by atoms with E-state index in [4.69, 9.17) is 0 Å². The molecule has 0 aromatic heterocycles. The summed E-state index contributed by atoms with van der Waals surface area (Å²) in [6.45, 7) is 5.48. The highest BCUT2D eigenvalue weighted by atomic mass is 16.2. The van der Waals surface area contributed by atoms with Gasteiger partial charge in [0, 0.05) is 38.7 Å². The normalized spacial score (nSPS) is 10.1. The zero-order valence-electron chi connectivity index (χ0n) is 12.2. The average Bonchev–Trinajstić information content (AvgIpc) is 2.42. The van der Waals surface area contributed by atoms with Crippen molar-refractivity contribution < 1.29 is 9.59 Å². The fourth-order valence-electron chi connectivity index (χ4n) is 1.76. The van der Waals surface area contributed by atoms with Crippen LogP contribution >= 0.6 is 0 Å². The van der Waals surface area contributed by atoms with Gasteiger partial charge in [-0.2, -0.15) is 0 Å². The van der Waals surface area contributed by atoms with Crippen LogP contribution in [0.3, 0.4) is 0 Å². The van der Waals surface area contributed by atoms with E-state index < -0.39 is 0 Å². The summed E-state index contributed by atoms with van der Waals surface area (Å²) in [6, 6.07) is 7.63.